The van der Waals surface area contributed by atoms with Crippen LogP contribution in [0.3, 0.4) is 0 Å². The highest BCUT2D eigenvalue weighted by atomic mass is 79.9. The van der Waals surface area contributed by atoms with E-state index in [0.717, 1.165) is 9.54 Å². The Kier molecular flexibility index (Phi) is 2.86. The van der Waals surface area contributed by atoms with Gasteiger partial charge in [-0.3, -0.25) is 0 Å². The highest BCUT2D eigenvalue weighted by Gasteiger charge is 2.16. The van der Waals surface area contributed by atoms with E-state index < -0.39 is 10.0 Å². The smallest absolute Gasteiger partial charge is 0.229 e. The fraction of sp³-hybridized carbons (Fsp3) is 0.100. The number of benzene rings is 1. The average Bonchev–Trinajstić information content (AvgIpc) is 2.66. The lowest BCUT2D eigenvalue weighted by molar-refractivity contribution is 0.587. The van der Waals surface area contributed by atoms with Crippen molar-refractivity contribution < 1.29 is 8.42 Å². The summed E-state index contributed by atoms with van der Waals surface area (Å²) in [7, 11) is -3.51. The van der Waals surface area contributed by atoms with E-state index >= 15 is 0 Å². The first-order valence-electron chi connectivity index (χ1n) is 4.52. The zero-order valence-electron chi connectivity index (χ0n) is 8.46. The van der Waals surface area contributed by atoms with Gasteiger partial charge in [0.25, 0.3) is 10.0 Å². The molecule has 0 amide bonds. The molecule has 1 heterocycles. The van der Waals surface area contributed by atoms with Crippen LogP contribution in [0.4, 0.5) is 0 Å². The van der Waals surface area contributed by atoms with Gasteiger partial charge in [-0.15, -0.1) is 0 Å². The highest BCUT2D eigenvalue weighted by molar-refractivity contribution is 9.10. The molecule has 0 aliphatic heterocycles. The molecule has 0 fully saturated rings. The summed E-state index contributed by atoms with van der Waals surface area (Å²) >= 11 is 3.11. The predicted molar refractivity (Wildman–Crippen MR) is 63.7 cm³/mol. The van der Waals surface area contributed by atoms with Crippen LogP contribution >= 0.6 is 15.9 Å². The first-order chi connectivity index (χ1) is 7.50. The van der Waals surface area contributed by atoms with E-state index in [1.807, 2.05) is 6.92 Å². The van der Waals surface area contributed by atoms with Crippen LogP contribution in [0.5, 0.6) is 0 Å². The molecule has 1 aromatic carbocycles. The Bertz CT molecular complexity index is 602. The van der Waals surface area contributed by atoms with Gasteiger partial charge in [-0.2, -0.15) is 0 Å². The Hall–Kier alpha value is -1.14. The molecule has 2 rings (SSSR count). The van der Waals surface area contributed by atoms with E-state index in [1.54, 1.807) is 24.3 Å². The topological polar surface area (TPSA) is 52.0 Å². The molecule has 16 heavy (non-hydrogen) atoms. The van der Waals surface area contributed by atoms with Crippen LogP contribution in [-0.4, -0.2) is 17.4 Å². The minimum atomic E-state index is -3.51. The maximum absolute atomic E-state index is 12.1. The third-order valence-corrected chi connectivity index (χ3v) is 4.16. The second-order valence-electron chi connectivity index (χ2n) is 3.34. The Balaban J connectivity index is 2.51. The molecule has 0 bridgehead atoms. The van der Waals surface area contributed by atoms with Crippen molar-refractivity contribution in [2.75, 3.05) is 0 Å². The van der Waals surface area contributed by atoms with Crippen LogP contribution < -0.4 is 0 Å². The van der Waals surface area contributed by atoms with E-state index in [0.29, 0.717) is 4.60 Å². The summed E-state index contributed by atoms with van der Waals surface area (Å²) in [5, 5.41) is 0. The highest BCUT2D eigenvalue weighted by Crippen LogP contribution is 2.16. The molecule has 0 aliphatic carbocycles. The number of aryl methyl sites for hydroxylation is 1. The van der Waals surface area contributed by atoms with Crippen LogP contribution in [0.1, 0.15) is 5.56 Å². The number of imidazole rings is 1. The largest absolute Gasteiger partial charge is 0.268 e. The first kappa shape index (κ1) is 11.3. The van der Waals surface area contributed by atoms with Crippen molar-refractivity contribution in [3.8, 4) is 0 Å². The Labute approximate surface area is 102 Å². The molecule has 84 valence electrons. The van der Waals surface area contributed by atoms with E-state index in [-0.39, 0.29) is 4.90 Å². The van der Waals surface area contributed by atoms with Crippen LogP contribution in [-0.2, 0) is 10.0 Å². The van der Waals surface area contributed by atoms with Gasteiger partial charge in [0.2, 0.25) is 0 Å². The number of halogens is 1. The number of rotatable bonds is 2. The third kappa shape index (κ3) is 2.03. The van der Waals surface area contributed by atoms with Crippen molar-refractivity contribution in [3.63, 3.8) is 0 Å². The van der Waals surface area contributed by atoms with Gasteiger partial charge in [0, 0.05) is 0 Å². The number of aromatic nitrogens is 2. The lowest BCUT2D eigenvalue weighted by Gasteiger charge is -2.04. The fourth-order valence-corrected chi connectivity index (χ4v) is 2.83. The molecule has 0 saturated heterocycles. The molecule has 1 aromatic heterocycles. The number of hydrogen-bond acceptors (Lipinski definition) is 3. The molecule has 0 N–H and O–H groups in total. The monoisotopic (exact) mass is 300 g/mol. The average molecular weight is 301 g/mol. The molecule has 0 unspecified atom stereocenters. The third-order valence-electron chi connectivity index (χ3n) is 2.13. The van der Waals surface area contributed by atoms with Gasteiger partial charge in [-0.05, 0) is 35.0 Å². The quantitative estimate of drug-likeness (QED) is 0.854. The van der Waals surface area contributed by atoms with Crippen LogP contribution in [0, 0.1) is 6.92 Å². The van der Waals surface area contributed by atoms with Gasteiger partial charge in [0.15, 0.2) is 0 Å². The normalized spacial score (nSPS) is 11.6. The molecule has 0 atom stereocenters. The maximum Gasteiger partial charge on any atom is 0.268 e. The SMILES string of the molecule is Cc1ccc(S(=O)(=O)n2cnc(Br)c2)cc1. The van der Waals surface area contributed by atoms with Crippen LogP contribution in [0.15, 0.2) is 46.3 Å². The van der Waals surface area contributed by atoms with Crippen molar-refractivity contribution in [2.24, 2.45) is 0 Å². The van der Waals surface area contributed by atoms with E-state index in [1.165, 1.54) is 12.5 Å². The summed E-state index contributed by atoms with van der Waals surface area (Å²) in [5.41, 5.74) is 1.02. The van der Waals surface area contributed by atoms with E-state index in [2.05, 4.69) is 20.9 Å². The summed E-state index contributed by atoms with van der Waals surface area (Å²) in [4.78, 5) is 4.08. The van der Waals surface area contributed by atoms with E-state index in [4.69, 9.17) is 0 Å². The Morgan fingerprint density at radius 3 is 2.38 bits per heavy atom. The number of nitrogens with zero attached hydrogens (tertiary/aromatic N) is 2. The van der Waals surface area contributed by atoms with Crippen molar-refractivity contribution in [1.82, 2.24) is 8.96 Å². The summed E-state index contributed by atoms with van der Waals surface area (Å²) in [5.74, 6) is 0. The molecule has 4 nitrogen and oxygen atoms in total. The minimum absolute atomic E-state index is 0.253. The predicted octanol–water partition coefficient (Wildman–Crippen LogP) is 2.19. The number of hydrogen-bond donors (Lipinski definition) is 0. The van der Waals surface area contributed by atoms with Crippen molar-refractivity contribution in [2.45, 2.75) is 11.8 Å². The lowest BCUT2D eigenvalue weighted by Crippen LogP contribution is -2.10. The molecule has 6 heteroatoms. The molecule has 0 saturated carbocycles. The van der Waals surface area contributed by atoms with Gasteiger partial charge < -0.3 is 0 Å². The second kappa shape index (κ2) is 4.03. The Morgan fingerprint density at radius 1 is 1.25 bits per heavy atom. The zero-order valence-corrected chi connectivity index (χ0v) is 10.9. The molecule has 0 spiro atoms. The first-order valence-corrected chi connectivity index (χ1v) is 6.75. The molecule has 0 radical (unpaired) electrons. The summed E-state index contributed by atoms with van der Waals surface area (Å²) in [6.45, 7) is 1.91. The van der Waals surface area contributed by atoms with Gasteiger partial charge in [0.1, 0.15) is 10.9 Å². The molecular formula is C10H9BrN2O2S. The summed E-state index contributed by atoms with van der Waals surface area (Å²) in [6.07, 6.45) is 2.68. The minimum Gasteiger partial charge on any atom is -0.229 e. The van der Waals surface area contributed by atoms with Crippen molar-refractivity contribution >= 4 is 26.0 Å². The van der Waals surface area contributed by atoms with Gasteiger partial charge in [-0.1, -0.05) is 17.7 Å². The van der Waals surface area contributed by atoms with Crippen LogP contribution in [0.2, 0.25) is 0 Å². The molecular weight excluding hydrogens is 292 g/mol. The van der Waals surface area contributed by atoms with Crippen LogP contribution in [0.25, 0.3) is 0 Å². The second-order valence-corrected chi connectivity index (χ2v) is 6.00. The van der Waals surface area contributed by atoms with Gasteiger partial charge in [0.05, 0.1) is 11.1 Å². The zero-order chi connectivity index (χ0) is 11.8. The van der Waals surface area contributed by atoms with E-state index in [9.17, 15) is 8.42 Å². The summed E-state index contributed by atoms with van der Waals surface area (Å²) in [6, 6.07) is 6.69. The van der Waals surface area contributed by atoms with Gasteiger partial charge >= 0.3 is 0 Å². The molecule has 0 aliphatic rings. The van der Waals surface area contributed by atoms with Crippen molar-refractivity contribution in [3.05, 3.63) is 47.0 Å². The van der Waals surface area contributed by atoms with Crippen molar-refractivity contribution in [1.29, 1.82) is 0 Å². The van der Waals surface area contributed by atoms with Gasteiger partial charge in [-0.25, -0.2) is 17.4 Å². The molecule has 2 aromatic rings. The summed E-state index contributed by atoms with van der Waals surface area (Å²) < 4.78 is 25.7. The lowest BCUT2D eigenvalue weighted by atomic mass is 10.2. The maximum atomic E-state index is 12.1. The fourth-order valence-electron chi connectivity index (χ4n) is 1.25. The Morgan fingerprint density at radius 2 is 1.88 bits per heavy atom. The standard InChI is InChI=1S/C10H9BrN2O2S/c1-8-2-4-9(5-3-8)16(14,15)13-6-10(11)12-7-13/h2-7H,1H3.